The highest BCUT2D eigenvalue weighted by molar-refractivity contribution is 7.17. The Morgan fingerprint density at radius 2 is 1.82 bits per heavy atom. The number of hydrogen-bond acceptors (Lipinski definition) is 2. The fraction of sp³-hybridized carbons (Fsp3) is 0.167. The largest absolute Gasteiger partial charge is 0.334 e. The first kappa shape index (κ1) is 14.6. The molecule has 0 saturated heterocycles. The van der Waals surface area contributed by atoms with Crippen molar-refractivity contribution in [2.75, 3.05) is 0 Å². The van der Waals surface area contributed by atoms with Gasteiger partial charge in [0.2, 0.25) is 0 Å². The Bertz CT molecular complexity index is 767. The van der Waals surface area contributed by atoms with Crippen molar-refractivity contribution in [1.82, 2.24) is 10.6 Å². The maximum Gasteiger partial charge on any atom is 0.315 e. The van der Waals surface area contributed by atoms with Crippen molar-refractivity contribution >= 4 is 27.5 Å². The summed E-state index contributed by atoms with van der Waals surface area (Å²) in [6.07, 6.45) is 0. The standard InChI is InChI=1S/C18H18N2OS/c1-13(14-7-3-2-4-8-14)20-18(21)19-11-15-12-22-17-10-6-5-9-16(15)17/h2-10,12-13H,11H2,1H3,(H2,19,20,21). The van der Waals surface area contributed by atoms with E-state index in [1.807, 2.05) is 49.4 Å². The molecule has 0 aliphatic carbocycles. The van der Waals surface area contributed by atoms with Crippen molar-refractivity contribution in [2.24, 2.45) is 0 Å². The number of benzene rings is 2. The first-order valence-corrected chi connectivity index (χ1v) is 8.16. The fourth-order valence-corrected chi connectivity index (χ4v) is 3.38. The highest BCUT2D eigenvalue weighted by atomic mass is 32.1. The minimum absolute atomic E-state index is 0.0135. The highest BCUT2D eigenvalue weighted by Gasteiger charge is 2.09. The van der Waals surface area contributed by atoms with E-state index in [2.05, 4.69) is 28.1 Å². The van der Waals surface area contributed by atoms with Crippen LogP contribution in [0, 0.1) is 0 Å². The Balaban J connectivity index is 1.58. The number of rotatable bonds is 4. The summed E-state index contributed by atoms with van der Waals surface area (Å²) >= 11 is 1.70. The molecule has 4 heteroatoms. The second-order valence-corrected chi connectivity index (χ2v) is 6.13. The Morgan fingerprint density at radius 3 is 2.64 bits per heavy atom. The third-order valence-corrected chi connectivity index (χ3v) is 4.66. The lowest BCUT2D eigenvalue weighted by molar-refractivity contribution is 0.237. The minimum Gasteiger partial charge on any atom is -0.334 e. The molecular formula is C18H18N2OS. The molecule has 1 aromatic heterocycles. The van der Waals surface area contributed by atoms with E-state index < -0.39 is 0 Å². The number of hydrogen-bond donors (Lipinski definition) is 2. The molecule has 112 valence electrons. The molecule has 0 aliphatic rings. The number of thiophene rings is 1. The van der Waals surface area contributed by atoms with Crippen LogP contribution in [0.15, 0.2) is 60.0 Å². The van der Waals surface area contributed by atoms with E-state index in [1.165, 1.54) is 10.1 Å². The van der Waals surface area contributed by atoms with E-state index in [9.17, 15) is 4.79 Å². The maximum atomic E-state index is 12.0. The van der Waals surface area contributed by atoms with Crippen molar-refractivity contribution in [3.05, 3.63) is 71.1 Å². The lowest BCUT2D eigenvalue weighted by Gasteiger charge is -2.14. The summed E-state index contributed by atoms with van der Waals surface area (Å²) in [6.45, 7) is 2.52. The summed E-state index contributed by atoms with van der Waals surface area (Å²) in [7, 11) is 0. The summed E-state index contributed by atoms with van der Waals surface area (Å²) < 4.78 is 1.25. The van der Waals surface area contributed by atoms with Crippen LogP contribution in [0.5, 0.6) is 0 Å². The van der Waals surface area contributed by atoms with E-state index in [0.717, 1.165) is 11.1 Å². The van der Waals surface area contributed by atoms with Crippen LogP contribution in [-0.4, -0.2) is 6.03 Å². The molecule has 2 aromatic carbocycles. The van der Waals surface area contributed by atoms with Crippen molar-refractivity contribution in [2.45, 2.75) is 19.5 Å². The van der Waals surface area contributed by atoms with Crippen molar-refractivity contribution in [1.29, 1.82) is 0 Å². The SMILES string of the molecule is CC(NC(=O)NCc1csc2ccccc12)c1ccccc1. The van der Waals surface area contributed by atoms with Gasteiger partial charge in [-0.05, 0) is 34.9 Å². The lowest BCUT2D eigenvalue weighted by Crippen LogP contribution is -2.36. The normalized spacial score (nSPS) is 12.0. The zero-order chi connectivity index (χ0) is 15.4. The van der Waals surface area contributed by atoms with Crippen molar-refractivity contribution in [3.63, 3.8) is 0 Å². The van der Waals surface area contributed by atoms with Gasteiger partial charge in [0.15, 0.2) is 0 Å². The third kappa shape index (κ3) is 3.28. The predicted octanol–water partition coefficient (Wildman–Crippen LogP) is 4.46. The van der Waals surface area contributed by atoms with E-state index in [4.69, 9.17) is 0 Å². The van der Waals surface area contributed by atoms with Gasteiger partial charge in [-0.2, -0.15) is 0 Å². The molecule has 3 rings (SSSR count). The van der Waals surface area contributed by atoms with Crippen molar-refractivity contribution in [3.8, 4) is 0 Å². The van der Waals surface area contributed by atoms with Gasteiger partial charge in [-0.15, -0.1) is 11.3 Å². The van der Waals surface area contributed by atoms with Gasteiger partial charge in [0.05, 0.1) is 6.04 Å². The van der Waals surface area contributed by atoms with Crippen molar-refractivity contribution < 1.29 is 4.79 Å². The number of fused-ring (bicyclic) bond motifs is 1. The van der Waals surface area contributed by atoms with Gasteiger partial charge in [0.1, 0.15) is 0 Å². The van der Waals surface area contributed by atoms with Gasteiger partial charge in [0, 0.05) is 11.2 Å². The zero-order valence-electron chi connectivity index (χ0n) is 12.4. The number of urea groups is 1. The molecule has 0 fully saturated rings. The Morgan fingerprint density at radius 1 is 1.09 bits per heavy atom. The van der Waals surface area contributed by atoms with E-state index in [1.54, 1.807) is 11.3 Å². The van der Waals surface area contributed by atoms with Crippen LogP contribution < -0.4 is 10.6 Å². The molecule has 0 saturated carbocycles. The molecule has 3 aromatic rings. The highest BCUT2D eigenvalue weighted by Crippen LogP contribution is 2.25. The average Bonchev–Trinajstić information content (AvgIpc) is 2.97. The van der Waals surface area contributed by atoms with E-state index in [-0.39, 0.29) is 12.1 Å². The summed E-state index contributed by atoms with van der Waals surface area (Å²) in [5, 5.41) is 9.21. The molecule has 1 unspecified atom stereocenters. The quantitative estimate of drug-likeness (QED) is 0.734. The molecule has 0 aliphatic heterocycles. The minimum atomic E-state index is -0.147. The van der Waals surface area contributed by atoms with Gasteiger partial charge >= 0.3 is 6.03 Å². The molecule has 3 nitrogen and oxygen atoms in total. The molecular weight excluding hydrogens is 292 g/mol. The van der Waals surface area contributed by atoms with Gasteiger partial charge in [0.25, 0.3) is 0 Å². The molecule has 0 bridgehead atoms. The first-order chi connectivity index (χ1) is 10.7. The molecule has 2 amide bonds. The van der Waals surface area contributed by atoms with Crippen LogP contribution in [0.3, 0.4) is 0 Å². The smallest absolute Gasteiger partial charge is 0.315 e. The summed E-state index contributed by atoms with van der Waals surface area (Å²) in [5.41, 5.74) is 2.25. The second kappa shape index (κ2) is 6.62. The molecule has 0 radical (unpaired) electrons. The van der Waals surface area contributed by atoms with Crippen LogP contribution in [0.25, 0.3) is 10.1 Å². The van der Waals surface area contributed by atoms with Crippen LogP contribution in [0.1, 0.15) is 24.1 Å². The lowest BCUT2D eigenvalue weighted by atomic mass is 10.1. The van der Waals surface area contributed by atoms with E-state index in [0.29, 0.717) is 6.54 Å². The number of carbonyl (C=O) groups is 1. The van der Waals surface area contributed by atoms with Gasteiger partial charge in [-0.25, -0.2) is 4.79 Å². The topological polar surface area (TPSA) is 41.1 Å². The molecule has 22 heavy (non-hydrogen) atoms. The van der Waals surface area contributed by atoms with Crippen LogP contribution >= 0.6 is 11.3 Å². The average molecular weight is 310 g/mol. The Labute approximate surface area is 134 Å². The zero-order valence-corrected chi connectivity index (χ0v) is 13.2. The number of amides is 2. The van der Waals surface area contributed by atoms with E-state index >= 15 is 0 Å². The number of carbonyl (C=O) groups excluding carboxylic acids is 1. The van der Waals surface area contributed by atoms with Crippen LogP contribution in [0.2, 0.25) is 0 Å². The van der Waals surface area contributed by atoms with Crippen LogP contribution in [0.4, 0.5) is 4.79 Å². The fourth-order valence-electron chi connectivity index (χ4n) is 2.42. The maximum absolute atomic E-state index is 12.0. The molecule has 2 N–H and O–H groups in total. The Hall–Kier alpha value is -2.33. The Kier molecular flexibility index (Phi) is 4.39. The first-order valence-electron chi connectivity index (χ1n) is 7.28. The summed E-state index contributed by atoms with van der Waals surface area (Å²) in [6, 6.07) is 18.0. The third-order valence-electron chi connectivity index (χ3n) is 3.65. The molecule has 1 heterocycles. The van der Waals surface area contributed by atoms with Gasteiger partial charge in [-0.1, -0.05) is 48.5 Å². The second-order valence-electron chi connectivity index (χ2n) is 5.22. The molecule has 0 spiro atoms. The van der Waals surface area contributed by atoms with Crippen LogP contribution in [-0.2, 0) is 6.54 Å². The van der Waals surface area contributed by atoms with Gasteiger partial charge in [-0.3, -0.25) is 0 Å². The van der Waals surface area contributed by atoms with Gasteiger partial charge < -0.3 is 10.6 Å². The number of nitrogens with one attached hydrogen (secondary N) is 2. The predicted molar refractivity (Wildman–Crippen MR) is 92.1 cm³/mol. The summed E-state index contributed by atoms with van der Waals surface area (Å²) in [5.74, 6) is 0. The monoisotopic (exact) mass is 310 g/mol. The molecule has 1 atom stereocenters. The summed E-state index contributed by atoms with van der Waals surface area (Å²) in [4.78, 5) is 12.0.